The Hall–Kier alpha value is -3.15. The van der Waals surface area contributed by atoms with Gasteiger partial charge in [0.1, 0.15) is 0 Å². The molecule has 1 heterocycles. The lowest BCUT2D eigenvalue weighted by molar-refractivity contribution is 0.100. The molecule has 0 aliphatic heterocycles. The number of aromatic nitrogens is 2. The van der Waals surface area contributed by atoms with E-state index in [2.05, 4.69) is 15.5 Å². The average Bonchev–Trinajstić information content (AvgIpc) is 3.02. The van der Waals surface area contributed by atoms with Gasteiger partial charge in [-0.2, -0.15) is 4.98 Å². The van der Waals surface area contributed by atoms with Crippen molar-refractivity contribution in [1.82, 2.24) is 10.1 Å². The highest BCUT2D eigenvalue weighted by Crippen LogP contribution is 2.17. The predicted octanol–water partition coefficient (Wildman–Crippen LogP) is 2.76. The summed E-state index contributed by atoms with van der Waals surface area (Å²) in [5, 5.41) is 7.14. The first-order valence-electron chi connectivity index (χ1n) is 7.15. The van der Waals surface area contributed by atoms with Crippen molar-refractivity contribution in [3.63, 3.8) is 0 Å². The van der Waals surface area contributed by atoms with Gasteiger partial charge in [-0.3, -0.25) is 4.79 Å². The third kappa shape index (κ3) is 3.55. The molecule has 0 unspecified atom stereocenters. The van der Waals surface area contributed by atoms with Crippen LogP contribution >= 0.6 is 0 Å². The number of hydrogen-bond acceptors (Lipinski definition) is 5. The van der Waals surface area contributed by atoms with E-state index in [0.717, 1.165) is 16.8 Å². The van der Waals surface area contributed by atoms with Crippen molar-refractivity contribution in [2.75, 3.05) is 5.32 Å². The highest BCUT2D eigenvalue weighted by atomic mass is 16.5. The van der Waals surface area contributed by atoms with Crippen molar-refractivity contribution >= 4 is 11.6 Å². The monoisotopic (exact) mass is 308 g/mol. The SMILES string of the molecule is Cc1cccc(-c2noc(CNc3ccc(C(N)=O)cc3)n2)c1. The van der Waals surface area contributed by atoms with Crippen molar-refractivity contribution in [3.8, 4) is 11.4 Å². The molecule has 0 saturated carbocycles. The van der Waals surface area contributed by atoms with E-state index in [4.69, 9.17) is 10.3 Å². The molecule has 3 N–H and O–H groups in total. The second-order valence-corrected chi connectivity index (χ2v) is 5.18. The zero-order chi connectivity index (χ0) is 16.2. The molecule has 2 aromatic carbocycles. The van der Waals surface area contributed by atoms with Crippen LogP contribution in [0.3, 0.4) is 0 Å². The predicted molar refractivity (Wildman–Crippen MR) is 86.8 cm³/mol. The molecule has 0 bridgehead atoms. The Morgan fingerprint density at radius 2 is 2.00 bits per heavy atom. The summed E-state index contributed by atoms with van der Waals surface area (Å²) in [4.78, 5) is 15.4. The van der Waals surface area contributed by atoms with E-state index < -0.39 is 5.91 Å². The maximum absolute atomic E-state index is 11.0. The molecule has 6 heteroatoms. The summed E-state index contributed by atoms with van der Waals surface area (Å²) in [6, 6.07) is 14.8. The summed E-state index contributed by atoms with van der Waals surface area (Å²) in [6.07, 6.45) is 0. The maximum Gasteiger partial charge on any atom is 0.248 e. The molecule has 3 rings (SSSR count). The number of primary amides is 1. The van der Waals surface area contributed by atoms with E-state index in [9.17, 15) is 4.79 Å². The summed E-state index contributed by atoms with van der Waals surface area (Å²) in [7, 11) is 0. The molecule has 0 spiro atoms. The molecule has 0 radical (unpaired) electrons. The number of hydrogen-bond donors (Lipinski definition) is 2. The van der Waals surface area contributed by atoms with Gasteiger partial charge in [-0.15, -0.1) is 0 Å². The van der Waals surface area contributed by atoms with Gasteiger partial charge in [0.15, 0.2) is 0 Å². The van der Waals surface area contributed by atoms with Crippen LogP contribution in [-0.2, 0) is 6.54 Å². The third-order valence-electron chi connectivity index (χ3n) is 3.36. The molecule has 3 aromatic rings. The highest BCUT2D eigenvalue weighted by molar-refractivity contribution is 5.93. The average molecular weight is 308 g/mol. The second kappa shape index (κ2) is 6.31. The van der Waals surface area contributed by atoms with Crippen LogP contribution in [0.2, 0.25) is 0 Å². The molecular weight excluding hydrogens is 292 g/mol. The van der Waals surface area contributed by atoms with Crippen molar-refractivity contribution in [3.05, 3.63) is 65.5 Å². The zero-order valence-electron chi connectivity index (χ0n) is 12.6. The standard InChI is InChI=1S/C17H16N4O2/c1-11-3-2-4-13(9-11)17-20-15(23-21-17)10-19-14-7-5-12(6-8-14)16(18)22/h2-9,19H,10H2,1H3,(H2,18,22). The highest BCUT2D eigenvalue weighted by Gasteiger charge is 2.08. The van der Waals surface area contributed by atoms with E-state index in [-0.39, 0.29) is 0 Å². The molecule has 6 nitrogen and oxygen atoms in total. The minimum absolute atomic E-state index is 0.398. The first-order valence-corrected chi connectivity index (χ1v) is 7.15. The third-order valence-corrected chi connectivity index (χ3v) is 3.36. The largest absolute Gasteiger partial charge is 0.376 e. The van der Waals surface area contributed by atoms with Crippen molar-refractivity contribution in [1.29, 1.82) is 0 Å². The van der Waals surface area contributed by atoms with Crippen molar-refractivity contribution < 1.29 is 9.32 Å². The summed E-state index contributed by atoms with van der Waals surface area (Å²) in [5.74, 6) is 0.603. The normalized spacial score (nSPS) is 10.5. The van der Waals surface area contributed by atoms with Crippen LogP contribution in [0.25, 0.3) is 11.4 Å². The van der Waals surface area contributed by atoms with Crippen molar-refractivity contribution in [2.45, 2.75) is 13.5 Å². The van der Waals surface area contributed by atoms with Crippen LogP contribution < -0.4 is 11.1 Å². The van der Waals surface area contributed by atoms with Gasteiger partial charge >= 0.3 is 0 Å². The fourth-order valence-corrected chi connectivity index (χ4v) is 2.16. The number of nitrogens with two attached hydrogens (primary N) is 1. The minimum Gasteiger partial charge on any atom is -0.376 e. The smallest absolute Gasteiger partial charge is 0.248 e. The van der Waals surface area contributed by atoms with Crippen LogP contribution in [0.1, 0.15) is 21.8 Å². The molecule has 0 fully saturated rings. The van der Waals surface area contributed by atoms with Crippen molar-refractivity contribution in [2.24, 2.45) is 5.73 Å². The number of nitrogens with one attached hydrogen (secondary N) is 1. The first kappa shape index (κ1) is 14.8. The fourth-order valence-electron chi connectivity index (χ4n) is 2.16. The van der Waals surface area contributed by atoms with Crippen LogP contribution in [0.4, 0.5) is 5.69 Å². The molecule has 1 aromatic heterocycles. The van der Waals surface area contributed by atoms with Gasteiger partial charge in [0, 0.05) is 16.8 Å². The van der Waals surface area contributed by atoms with E-state index >= 15 is 0 Å². The summed E-state index contributed by atoms with van der Waals surface area (Å²) < 4.78 is 5.24. The van der Waals surface area contributed by atoms with Gasteiger partial charge in [0.05, 0.1) is 6.54 Å². The molecule has 0 aliphatic carbocycles. The van der Waals surface area contributed by atoms with Gasteiger partial charge in [-0.25, -0.2) is 0 Å². The molecule has 1 amide bonds. The number of anilines is 1. The van der Waals surface area contributed by atoms with Gasteiger partial charge in [-0.1, -0.05) is 28.9 Å². The fraction of sp³-hybridized carbons (Fsp3) is 0.118. The lowest BCUT2D eigenvalue weighted by atomic mass is 10.1. The Morgan fingerprint density at radius 3 is 2.70 bits per heavy atom. The molecule has 0 aliphatic rings. The lowest BCUT2D eigenvalue weighted by Crippen LogP contribution is -2.10. The van der Waals surface area contributed by atoms with Crippen LogP contribution in [-0.4, -0.2) is 16.0 Å². The number of carbonyl (C=O) groups is 1. The summed E-state index contributed by atoms with van der Waals surface area (Å²) >= 11 is 0. The molecule has 0 atom stereocenters. The number of carbonyl (C=O) groups excluding carboxylic acids is 1. The van der Waals surface area contributed by atoms with Crippen LogP contribution in [0.5, 0.6) is 0 Å². The van der Waals surface area contributed by atoms with E-state index in [1.165, 1.54) is 0 Å². The number of benzene rings is 2. The number of rotatable bonds is 5. The summed E-state index contributed by atoms with van der Waals surface area (Å²) in [6.45, 7) is 2.41. The Bertz CT molecular complexity index is 825. The second-order valence-electron chi connectivity index (χ2n) is 5.18. The zero-order valence-corrected chi connectivity index (χ0v) is 12.6. The van der Waals surface area contributed by atoms with Gasteiger partial charge in [-0.05, 0) is 37.3 Å². The van der Waals surface area contributed by atoms with Crippen LogP contribution in [0, 0.1) is 6.92 Å². The Morgan fingerprint density at radius 1 is 1.22 bits per heavy atom. The Kier molecular flexibility index (Phi) is 4.05. The molecule has 116 valence electrons. The number of nitrogens with zero attached hydrogens (tertiary/aromatic N) is 2. The number of amides is 1. The van der Waals surface area contributed by atoms with Gasteiger partial charge in [0.25, 0.3) is 0 Å². The minimum atomic E-state index is -0.448. The lowest BCUT2D eigenvalue weighted by Gasteiger charge is -2.03. The topological polar surface area (TPSA) is 94.0 Å². The molecular formula is C17H16N4O2. The van der Waals surface area contributed by atoms with E-state index in [1.807, 2.05) is 31.2 Å². The van der Waals surface area contributed by atoms with Gasteiger partial charge < -0.3 is 15.6 Å². The van der Waals surface area contributed by atoms with E-state index in [0.29, 0.717) is 23.8 Å². The molecule has 0 saturated heterocycles. The van der Waals surface area contributed by atoms with Crippen LogP contribution in [0.15, 0.2) is 53.1 Å². The Labute approximate surface area is 133 Å². The Balaban J connectivity index is 1.66. The first-order chi connectivity index (χ1) is 11.1. The summed E-state index contributed by atoms with van der Waals surface area (Å²) in [5.41, 5.74) is 8.57. The number of aryl methyl sites for hydroxylation is 1. The van der Waals surface area contributed by atoms with Gasteiger partial charge in [0.2, 0.25) is 17.6 Å². The molecule has 23 heavy (non-hydrogen) atoms. The maximum atomic E-state index is 11.0. The quantitative estimate of drug-likeness (QED) is 0.756. The van der Waals surface area contributed by atoms with E-state index in [1.54, 1.807) is 24.3 Å².